The van der Waals surface area contributed by atoms with Gasteiger partial charge in [0.05, 0.1) is 16.1 Å². The summed E-state index contributed by atoms with van der Waals surface area (Å²) in [6.45, 7) is 5.19. The van der Waals surface area contributed by atoms with Crippen molar-refractivity contribution in [1.29, 1.82) is 0 Å². The number of hydrogen-bond donors (Lipinski definition) is 2. The van der Waals surface area contributed by atoms with Gasteiger partial charge in [-0.3, -0.25) is 4.79 Å². The van der Waals surface area contributed by atoms with E-state index in [9.17, 15) is 13.2 Å². The van der Waals surface area contributed by atoms with E-state index in [1.54, 1.807) is 13.8 Å². The highest BCUT2D eigenvalue weighted by atomic mass is 35.5. The molecule has 1 aliphatic heterocycles. The number of hydrogen-bond acceptors (Lipinski definition) is 6. The number of nitrogens with one attached hydrogen (secondary N) is 2. The van der Waals surface area contributed by atoms with Crippen LogP contribution < -0.4 is 14.9 Å². The van der Waals surface area contributed by atoms with Gasteiger partial charge in [0, 0.05) is 24.8 Å². The van der Waals surface area contributed by atoms with Gasteiger partial charge in [-0.2, -0.15) is 0 Å². The summed E-state index contributed by atoms with van der Waals surface area (Å²) in [6, 6.07) is 5.68. The minimum Gasteiger partial charge on any atom is -0.341 e. The number of carbonyl (C=O) groups excluding carboxylic acids is 1. The van der Waals surface area contributed by atoms with E-state index in [-0.39, 0.29) is 21.7 Å². The number of halogens is 1. The number of amides is 1. The molecule has 0 saturated carbocycles. The van der Waals surface area contributed by atoms with Crippen molar-refractivity contribution < 1.29 is 13.2 Å². The lowest BCUT2D eigenvalue weighted by molar-refractivity contribution is 0.102. The molecule has 0 atom stereocenters. The first-order chi connectivity index (χ1) is 13.3. The van der Waals surface area contributed by atoms with Gasteiger partial charge in [-0.25, -0.2) is 23.1 Å². The SMILES string of the molecule is CC(C)NS(=O)(=O)c1ccc(NC(=O)c2nc(N3CCCC3)ncc2Cl)cc1. The van der Waals surface area contributed by atoms with Gasteiger partial charge in [-0.1, -0.05) is 11.6 Å². The standard InChI is InChI=1S/C18H22ClN5O3S/c1-12(2)23-28(26,27)14-7-5-13(6-8-14)21-17(25)16-15(19)11-20-18(22-16)24-9-3-4-10-24/h5-8,11-12,23H,3-4,9-10H2,1-2H3,(H,21,25). The average molecular weight is 424 g/mol. The fourth-order valence-electron chi connectivity index (χ4n) is 2.87. The third kappa shape index (κ3) is 4.78. The zero-order valence-electron chi connectivity index (χ0n) is 15.6. The Hall–Kier alpha value is -2.23. The highest BCUT2D eigenvalue weighted by Crippen LogP contribution is 2.21. The number of benzene rings is 1. The Kier molecular flexibility index (Phi) is 6.17. The van der Waals surface area contributed by atoms with Crippen molar-refractivity contribution in [2.45, 2.75) is 37.6 Å². The molecule has 2 heterocycles. The summed E-state index contributed by atoms with van der Waals surface area (Å²) in [6.07, 6.45) is 3.55. The molecule has 1 aromatic heterocycles. The summed E-state index contributed by atoms with van der Waals surface area (Å²) in [5.41, 5.74) is 0.516. The third-order valence-electron chi connectivity index (χ3n) is 4.15. The van der Waals surface area contributed by atoms with E-state index in [0.29, 0.717) is 11.6 Å². The van der Waals surface area contributed by atoms with Crippen molar-refractivity contribution in [3.63, 3.8) is 0 Å². The minimum absolute atomic E-state index is 0.0803. The molecule has 28 heavy (non-hydrogen) atoms. The molecule has 10 heteroatoms. The van der Waals surface area contributed by atoms with Gasteiger partial charge in [0.1, 0.15) is 0 Å². The molecule has 0 unspecified atom stereocenters. The maximum absolute atomic E-state index is 12.6. The van der Waals surface area contributed by atoms with Crippen LogP contribution >= 0.6 is 11.6 Å². The van der Waals surface area contributed by atoms with Crippen LogP contribution in [0.3, 0.4) is 0 Å². The molecule has 0 bridgehead atoms. The second-order valence-corrected chi connectivity index (χ2v) is 8.94. The first kappa shape index (κ1) is 20.5. The monoisotopic (exact) mass is 423 g/mol. The van der Waals surface area contributed by atoms with Crippen molar-refractivity contribution in [1.82, 2.24) is 14.7 Å². The highest BCUT2D eigenvalue weighted by molar-refractivity contribution is 7.89. The molecule has 0 radical (unpaired) electrons. The maximum Gasteiger partial charge on any atom is 0.276 e. The van der Waals surface area contributed by atoms with Crippen LogP contribution in [-0.2, 0) is 10.0 Å². The first-order valence-corrected chi connectivity index (χ1v) is 10.8. The van der Waals surface area contributed by atoms with Gasteiger partial charge in [0.25, 0.3) is 5.91 Å². The van der Waals surface area contributed by atoms with E-state index in [1.165, 1.54) is 30.5 Å². The number of anilines is 2. The molecule has 3 rings (SSSR count). The van der Waals surface area contributed by atoms with Gasteiger partial charge in [-0.15, -0.1) is 0 Å². The van der Waals surface area contributed by atoms with Crippen molar-refractivity contribution >= 4 is 39.2 Å². The number of rotatable bonds is 6. The fourth-order valence-corrected chi connectivity index (χ4v) is 4.30. The molecular weight excluding hydrogens is 402 g/mol. The average Bonchev–Trinajstić information content (AvgIpc) is 3.16. The van der Waals surface area contributed by atoms with Crippen LogP contribution in [0.2, 0.25) is 5.02 Å². The van der Waals surface area contributed by atoms with Crippen molar-refractivity contribution in [2.24, 2.45) is 0 Å². The molecule has 2 aromatic rings. The number of sulfonamides is 1. The predicted octanol–water partition coefficient (Wildman–Crippen LogP) is 2.67. The second kappa shape index (κ2) is 8.42. The zero-order chi connectivity index (χ0) is 20.3. The molecule has 1 saturated heterocycles. The summed E-state index contributed by atoms with van der Waals surface area (Å²) in [4.78, 5) is 23.2. The Morgan fingerprint density at radius 1 is 1.18 bits per heavy atom. The lowest BCUT2D eigenvalue weighted by Gasteiger charge is -2.16. The fraction of sp³-hybridized carbons (Fsp3) is 0.389. The Morgan fingerprint density at radius 2 is 1.82 bits per heavy atom. The molecule has 150 valence electrons. The number of carbonyl (C=O) groups is 1. The van der Waals surface area contributed by atoms with E-state index in [4.69, 9.17) is 11.6 Å². The molecule has 0 aliphatic carbocycles. The Balaban J connectivity index is 1.75. The van der Waals surface area contributed by atoms with Gasteiger partial charge in [0.2, 0.25) is 16.0 Å². The van der Waals surface area contributed by atoms with Gasteiger partial charge in [0.15, 0.2) is 5.69 Å². The summed E-state index contributed by atoms with van der Waals surface area (Å²) >= 11 is 6.11. The minimum atomic E-state index is -3.59. The van der Waals surface area contributed by atoms with Crippen LogP contribution in [0.15, 0.2) is 35.4 Å². The van der Waals surface area contributed by atoms with E-state index >= 15 is 0 Å². The Morgan fingerprint density at radius 3 is 2.43 bits per heavy atom. The normalized spacial score (nSPS) is 14.5. The molecule has 1 amide bonds. The predicted molar refractivity (Wildman–Crippen MR) is 108 cm³/mol. The molecule has 1 aliphatic rings. The Bertz CT molecular complexity index is 958. The van der Waals surface area contributed by atoms with Crippen LogP contribution in [0.25, 0.3) is 0 Å². The summed E-state index contributed by atoms with van der Waals surface area (Å²) in [5, 5.41) is 2.84. The summed E-state index contributed by atoms with van der Waals surface area (Å²) in [7, 11) is -3.59. The molecule has 1 fully saturated rings. The molecule has 2 N–H and O–H groups in total. The van der Waals surface area contributed by atoms with E-state index in [2.05, 4.69) is 20.0 Å². The van der Waals surface area contributed by atoms with Crippen LogP contribution in [0.5, 0.6) is 0 Å². The number of nitrogens with zero attached hydrogens (tertiary/aromatic N) is 3. The lowest BCUT2D eigenvalue weighted by Crippen LogP contribution is -2.30. The lowest BCUT2D eigenvalue weighted by atomic mass is 10.3. The van der Waals surface area contributed by atoms with Crippen molar-refractivity contribution in [3.05, 3.63) is 41.2 Å². The topological polar surface area (TPSA) is 104 Å². The van der Waals surface area contributed by atoms with Gasteiger partial charge >= 0.3 is 0 Å². The van der Waals surface area contributed by atoms with E-state index < -0.39 is 15.9 Å². The second-order valence-electron chi connectivity index (χ2n) is 6.82. The van der Waals surface area contributed by atoms with Gasteiger partial charge in [-0.05, 0) is 51.0 Å². The molecule has 0 spiro atoms. The summed E-state index contributed by atoms with van der Waals surface area (Å²) in [5.74, 6) is -0.00277. The van der Waals surface area contributed by atoms with E-state index in [0.717, 1.165) is 25.9 Å². The van der Waals surface area contributed by atoms with Crippen LogP contribution in [0.4, 0.5) is 11.6 Å². The van der Waals surface area contributed by atoms with Crippen molar-refractivity contribution in [3.8, 4) is 0 Å². The van der Waals surface area contributed by atoms with Crippen LogP contribution in [0.1, 0.15) is 37.2 Å². The highest BCUT2D eigenvalue weighted by Gasteiger charge is 2.20. The molecule has 8 nitrogen and oxygen atoms in total. The molecule has 1 aromatic carbocycles. The van der Waals surface area contributed by atoms with Gasteiger partial charge < -0.3 is 10.2 Å². The zero-order valence-corrected chi connectivity index (χ0v) is 17.2. The van der Waals surface area contributed by atoms with E-state index in [1.807, 2.05) is 4.90 Å². The van der Waals surface area contributed by atoms with Crippen LogP contribution in [-0.4, -0.2) is 43.4 Å². The first-order valence-electron chi connectivity index (χ1n) is 8.97. The maximum atomic E-state index is 12.6. The quantitative estimate of drug-likeness (QED) is 0.740. The van der Waals surface area contributed by atoms with Crippen LogP contribution in [0, 0.1) is 0 Å². The third-order valence-corrected chi connectivity index (χ3v) is 6.10. The smallest absolute Gasteiger partial charge is 0.276 e. The summed E-state index contributed by atoms with van der Waals surface area (Å²) < 4.78 is 26.8. The number of aromatic nitrogens is 2. The molecular formula is C18H22ClN5O3S. The van der Waals surface area contributed by atoms with Crippen molar-refractivity contribution in [2.75, 3.05) is 23.3 Å². The Labute approximate surface area is 169 Å². The largest absolute Gasteiger partial charge is 0.341 e.